The van der Waals surface area contributed by atoms with Crippen LogP contribution >= 0.6 is 31.9 Å². The molecule has 15 heteroatoms. The summed E-state index contributed by atoms with van der Waals surface area (Å²) < 4.78 is 15.6. The molecule has 0 radical (unpaired) electrons. The minimum absolute atomic E-state index is 0.299. The quantitative estimate of drug-likeness (QED) is 0.221. The van der Waals surface area contributed by atoms with Gasteiger partial charge in [0.05, 0.1) is 8.95 Å². The summed E-state index contributed by atoms with van der Waals surface area (Å²) in [5.74, 6) is 1.43. The summed E-state index contributed by atoms with van der Waals surface area (Å²) in [6.07, 6.45) is 7.90. The molecule has 0 amide bonds. The molecule has 13 nitrogen and oxygen atoms in total. The average molecular weight is 674 g/mol. The molecule has 3 rings (SSSR count). The lowest BCUT2D eigenvalue weighted by Gasteiger charge is -2.20. The highest BCUT2D eigenvalue weighted by molar-refractivity contribution is 9.10. The molecule has 0 aromatic carbocycles. The standard InChI is InChI=1S/C10H18O5.C5H5BrN2.C5H7N3.C4H4BrN3/c1-9(2,3)14-7(11)13-8(12)15-10(4,5)6;1-4-7-2-5(6)3-8-4;1-4-2-7-5(6)8-3-4;5-3-1-7-4(6)8-2-3/h1-6H3;2-3H,1H3;2-3H,1H3,(H2,6,7,8);1-2H,(H2,6,7,8). The highest BCUT2D eigenvalue weighted by Gasteiger charge is 2.24. The summed E-state index contributed by atoms with van der Waals surface area (Å²) in [7, 11) is 0. The highest BCUT2D eigenvalue weighted by atomic mass is 79.9. The molecule has 4 N–H and O–H groups in total. The first kappa shape index (κ1) is 35.5. The molecule has 0 unspecified atom stereocenters. The van der Waals surface area contributed by atoms with E-state index in [0.717, 1.165) is 20.3 Å². The Labute approximate surface area is 244 Å². The van der Waals surface area contributed by atoms with Crippen molar-refractivity contribution in [3.63, 3.8) is 0 Å². The van der Waals surface area contributed by atoms with E-state index in [2.05, 4.69) is 66.5 Å². The number of hydrogen-bond donors (Lipinski definition) is 2. The van der Waals surface area contributed by atoms with E-state index in [1.54, 1.807) is 78.7 Å². The Morgan fingerprint density at radius 1 is 0.641 bits per heavy atom. The smallest absolute Gasteiger partial charge is 0.428 e. The van der Waals surface area contributed by atoms with E-state index in [1.165, 1.54) is 0 Å². The number of hydrogen-bond acceptors (Lipinski definition) is 13. The zero-order valence-corrected chi connectivity index (χ0v) is 26.3. The Morgan fingerprint density at radius 2 is 0.949 bits per heavy atom. The van der Waals surface area contributed by atoms with Crippen molar-refractivity contribution in [3.8, 4) is 0 Å². The topological polar surface area (TPSA) is 191 Å². The van der Waals surface area contributed by atoms with Gasteiger partial charge < -0.3 is 25.7 Å². The largest absolute Gasteiger partial charge is 0.519 e. The van der Waals surface area contributed by atoms with Gasteiger partial charge in [-0.3, -0.25) is 0 Å². The number of nitrogens with two attached hydrogens (primary N) is 2. The fraction of sp³-hybridized carbons (Fsp3) is 0.417. The van der Waals surface area contributed by atoms with Crippen molar-refractivity contribution in [2.24, 2.45) is 0 Å². The van der Waals surface area contributed by atoms with E-state index in [9.17, 15) is 9.59 Å². The number of rotatable bonds is 0. The third kappa shape index (κ3) is 22.3. The number of carbonyl (C=O) groups excluding carboxylic acids is 2. The molecule has 0 aliphatic heterocycles. The molecule has 0 spiro atoms. The molecule has 214 valence electrons. The Bertz CT molecular complexity index is 943. The fourth-order valence-corrected chi connectivity index (χ4v) is 2.12. The van der Waals surface area contributed by atoms with Crippen LogP contribution in [0.2, 0.25) is 0 Å². The number of anilines is 2. The van der Waals surface area contributed by atoms with Gasteiger partial charge in [0.2, 0.25) is 11.9 Å². The van der Waals surface area contributed by atoms with Gasteiger partial charge in [0.15, 0.2) is 0 Å². The molecule has 0 saturated heterocycles. The Balaban J connectivity index is 0.000000516. The Hall–Kier alpha value is -3.46. The third-order valence-electron chi connectivity index (χ3n) is 3.14. The summed E-state index contributed by atoms with van der Waals surface area (Å²) in [5.41, 5.74) is 10.0. The van der Waals surface area contributed by atoms with Crippen LogP contribution in [0.4, 0.5) is 21.5 Å². The van der Waals surface area contributed by atoms with Crippen LogP contribution in [0.1, 0.15) is 52.9 Å². The minimum Gasteiger partial charge on any atom is -0.428 e. The first-order valence-corrected chi connectivity index (χ1v) is 12.8. The Kier molecular flexibility index (Phi) is 15.7. The summed E-state index contributed by atoms with van der Waals surface area (Å²) in [5, 5.41) is 0. The van der Waals surface area contributed by atoms with Crippen LogP contribution in [0.25, 0.3) is 0 Å². The summed E-state index contributed by atoms with van der Waals surface area (Å²) in [6, 6.07) is 0. The number of nitrogen functional groups attached to an aromatic ring is 2. The highest BCUT2D eigenvalue weighted by Crippen LogP contribution is 2.11. The molecular formula is C24H34Br2N8O5. The molecule has 0 aliphatic rings. The van der Waals surface area contributed by atoms with Crippen LogP contribution in [0.5, 0.6) is 0 Å². The van der Waals surface area contributed by atoms with Gasteiger partial charge in [0, 0.05) is 37.2 Å². The van der Waals surface area contributed by atoms with Gasteiger partial charge in [0.1, 0.15) is 17.0 Å². The van der Waals surface area contributed by atoms with Crippen molar-refractivity contribution in [2.45, 2.75) is 66.6 Å². The second-order valence-electron chi connectivity index (χ2n) is 9.36. The minimum atomic E-state index is -1.06. The van der Waals surface area contributed by atoms with Crippen LogP contribution in [0, 0.1) is 13.8 Å². The first-order valence-electron chi connectivity index (χ1n) is 11.2. The molecule has 3 aromatic rings. The SMILES string of the molecule is CC(C)(C)OC(=O)OC(=O)OC(C)(C)C.Cc1cnc(N)nc1.Cc1ncc(Br)cn1.Nc1ncc(Br)cn1. The lowest BCUT2D eigenvalue weighted by molar-refractivity contribution is -0.0293. The summed E-state index contributed by atoms with van der Waals surface area (Å²) in [4.78, 5) is 44.7. The van der Waals surface area contributed by atoms with Crippen molar-refractivity contribution in [1.82, 2.24) is 29.9 Å². The average Bonchev–Trinajstić information content (AvgIpc) is 2.78. The van der Waals surface area contributed by atoms with Crippen molar-refractivity contribution in [3.05, 3.63) is 57.5 Å². The van der Waals surface area contributed by atoms with Crippen LogP contribution < -0.4 is 11.5 Å². The van der Waals surface area contributed by atoms with Gasteiger partial charge in [-0.15, -0.1) is 0 Å². The van der Waals surface area contributed by atoms with E-state index < -0.39 is 23.5 Å². The van der Waals surface area contributed by atoms with E-state index in [4.69, 9.17) is 20.9 Å². The van der Waals surface area contributed by atoms with E-state index in [-0.39, 0.29) is 0 Å². The van der Waals surface area contributed by atoms with Gasteiger partial charge in [0.25, 0.3) is 0 Å². The lowest BCUT2D eigenvalue weighted by atomic mass is 10.2. The van der Waals surface area contributed by atoms with Gasteiger partial charge in [-0.05, 0) is 92.8 Å². The molecule has 0 fully saturated rings. The zero-order chi connectivity index (χ0) is 30.2. The van der Waals surface area contributed by atoms with E-state index >= 15 is 0 Å². The maximum Gasteiger partial charge on any atom is 0.519 e. The van der Waals surface area contributed by atoms with Gasteiger partial charge >= 0.3 is 12.3 Å². The maximum atomic E-state index is 11.0. The predicted molar refractivity (Wildman–Crippen MR) is 153 cm³/mol. The summed E-state index contributed by atoms with van der Waals surface area (Å²) >= 11 is 6.39. The van der Waals surface area contributed by atoms with Crippen LogP contribution in [-0.4, -0.2) is 53.4 Å². The first-order chi connectivity index (χ1) is 17.9. The Morgan fingerprint density at radius 3 is 1.21 bits per heavy atom. The monoisotopic (exact) mass is 672 g/mol. The molecule has 0 bridgehead atoms. The van der Waals surface area contributed by atoms with Crippen molar-refractivity contribution in [2.75, 3.05) is 11.5 Å². The molecule has 0 atom stereocenters. The number of carbonyl (C=O) groups is 2. The van der Waals surface area contributed by atoms with Gasteiger partial charge in [-0.1, -0.05) is 0 Å². The number of aryl methyl sites for hydroxylation is 2. The molecule has 3 aromatic heterocycles. The second kappa shape index (κ2) is 17.2. The fourth-order valence-electron chi connectivity index (χ4n) is 1.71. The molecule has 39 heavy (non-hydrogen) atoms. The molecule has 0 aliphatic carbocycles. The normalized spacial score (nSPS) is 10.2. The molecule has 3 heterocycles. The van der Waals surface area contributed by atoms with Crippen molar-refractivity contribution < 1.29 is 23.8 Å². The zero-order valence-electron chi connectivity index (χ0n) is 23.1. The van der Waals surface area contributed by atoms with E-state index in [1.807, 2.05) is 13.8 Å². The lowest BCUT2D eigenvalue weighted by Crippen LogP contribution is -2.29. The number of aromatic nitrogens is 6. The predicted octanol–water partition coefficient (Wildman–Crippen LogP) is 5.61. The number of halogens is 2. The maximum absolute atomic E-state index is 11.0. The number of ether oxygens (including phenoxy) is 3. The van der Waals surface area contributed by atoms with Crippen molar-refractivity contribution >= 4 is 56.1 Å². The van der Waals surface area contributed by atoms with Crippen LogP contribution in [-0.2, 0) is 14.2 Å². The van der Waals surface area contributed by atoms with Crippen molar-refractivity contribution in [1.29, 1.82) is 0 Å². The van der Waals surface area contributed by atoms with Crippen LogP contribution in [0.3, 0.4) is 0 Å². The van der Waals surface area contributed by atoms with Gasteiger partial charge in [-0.25, -0.2) is 39.5 Å². The van der Waals surface area contributed by atoms with Crippen LogP contribution in [0.15, 0.2) is 46.1 Å². The van der Waals surface area contributed by atoms with E-state index in [0.29, 0.717) is 11.9 Å². The number of nitrogens with zero attached hydrogens (tertiary/aromatic N) is 6. The molecular weight excluding hydrogens is 640 g/mol. The third-order valence-corrected chi connectivity index (χ3v) is 3.96. The second-order valence-corrected chi connectivity index (χ2v) is 11.2. The molecule has 0 saturated carbocycles. The van der Waals surface area contributed by atoms with Gasteiger partial charge in [-0.2, -0.15) is 0 Å². The summed E-state index contributed by atoms with van der Waals surface area (Å²) in [6.45, 7) is 13.8.